The van der Waals surface area contributed by atoms with Gasteiger partial charge in [-0.1, -0.05) is 44.2 Å². The lowest BCUT2D eigenvalue weighted by Crippen LogP contribution is -2.32. The topological polar surface area (TPSA) is 59.0 Å². The number of carbonyl (C=O) groups is 2. The summed E-state index contributed by atoms with van der Waals surface area (Å²) in [6.45, 7) is 6.13. The molecule has 144 valence electrons. The third-order valence-corrected chi connectivity index (χ3v) is 4.86. The van der Waals surface area contributed by atoms with Gasteiger partial charge in [-0.15, -0.1) is 0 Å². The number of hydrogen-bond donors (Lipinski definition) is 0. The van der Waals surface area contributed by atoms with Crippen LogP contribution in [0, 0.1) is 5.92 Å². The first-order chi connectivity index (χ1) is 13.4. The molecule has 0 bridgehead atoms. The van der Waals surface area contributed by atoms with E-state index in [9.17, 15) is 9.59 Å². The lowest BCUT2D eigenvalue weighted by molar-refractivity contribution is -0.131. The molecule has 1 amide bonds. The minimum atomic E-state index is -0.362. The summed E-state index contributed by atoms with van der Waals surface area (Å²) in [7, 11) is 0. The van der Waals surface area contributed by atoms with Gasteiger partial charge in [0.25, 0.3) is 5.91 Å². The second-order valence-electron chi connectivity index (χ2n) is 6.81. The predicted molar refractivity (Wildman–Crippen MR) is 113 cm³/mol. The van der Waals surface area contributed by atoms with E-state index in [2.05, 4.69) is 18.8 Å². The van der Waals surface area contributed by atoms with E-state index < -0.39 is 0 Å². The molecule has 2 aromatic rings. The van der Waals surface area contributed by atoms with E-state index >= 15 is 0 Å². The second-order valence-corrected chi connectivity index (χ2v) is 7.82. The minimum absolute atomic E-state index is 0.0440. The Bertz CT molecular complexity index is 919. The van der Waals surface area contributed by atoms with Crippen molar-refractivity contribution in [2.24, 2.45) is 10.9 Å². The normalized spacial score (nSPS) is 17.0. The van der Waals surface area contributed by atoms with Crippen LogP contribution in [-0.2, 0) is 9.59 Å². The number of carbonyl (C=O) groups excluding carboxylic acids is 2. The number of esters is 1. The van der Waals surface area contributed by atoms with Gasteiger partial charge >= 0.3 is 5.97 Å². The van der Waals surface area contributed by atoms with E-state index in [4.69, 9.17) is 4.74 Å². The summed E-state index contributed by atoms with van der Waals surface area (Å²) in [5.74, 6) is 0.400. The SMILES string of the molecule is CC(=O)Oc1ccc(C=C2SC(=Nc3ccccc3)N(CC(C)C)C2=O)cc1. The number of nitrogens with zero attached hydrogens (tertiary/aromatic N) is 2. The highest BCUT2D eigenvalue weighted by Gasteiger charge is 2.33. The van der Waals surface area contributed by atoms with Crippen molar-refractivity contribution in [3.8, 4) is 5.75 Å². The molecule has 6 heteroatoms. The fourth-order valence-corrected chi connectivity index (χ4v) is 3.69. The Morgan fingerprint density at radius 3 is 2.43 bits per heavy atom. The maximum Gasteiger partial charge on any atom is 0.308 e. The molecule has 28 heavy (non-hydrogen) atoms. The highest BCUT2D eigenvalue weighted by atomic mass is 32.2. The first-order valence-electron chi connectivity index (χ1n) is 9.06. The average Bonchev–Trinajstić information content (AvgIpc) is 2.92. The molecule has 0 aromatic heterocycles. The Labute approximate surface area is 169 Å². The van der Waals surface area contributed by atoms with Gasteiger partial charge in [-0.2, -0.15) is 0 Å². The Kier molecular flexibility index (Phi) is 6.31. The third kappa shape index (κ3) is 5.10. The molecule has 0 unspecified atom stereocenters. The molecule has 1 heterocycles. The molecule has 0 aliphatic carbocycles. The largest absolute Gasteiger partial charge is 0.427 e. The monoisotopic (exact) mass is 394 g/mol. The number of aliphatic imine (C=N–C) groups is 1. The van der Waals surface area contributed by atoms with Gasteiger partial charge in [0.15, 0.2) is 5.17 Å². The Morgan fingerprint density at radius 2 is 1.82 bits per heavy atom. The minimum Gasteiger partial charge on any atom is -0.427 e. The summed E-state index contributed by atoms with van der Waals surface area (Å²) in [5.41, 5.74) is 1.68. The zero-order valence-corrected chi connectivity index (χ0v) is 16.9. The van der Waals surface area contributed by atoms with Crippen LogP contribution in [-0.4, -0.2) is 28.5 Å². The first-order valence-corrected chi connectivity index (χ1v) is 9.87. The number of para-hydroxylation sites is 1. The molecule has 1 saturated heterocycles. The Morgan fingerprint density at radius 1 is 1.14 bits per heavy atom. The molecule has 3 rings (SSSR count). The van der Waals surface area contributed by atoms with Gasteiger partial charge in [0.1, 0.15) is 5.75 Å². The van der Waals surface area contributed by atoms with Crippen molar-refractivity contribution < 1.29 is 14.3 Å². The van der Waals surface area contributed by atoms with Gasteiger partial charge in [0.2, 0.25) is 0 Å². The van der Waals surface area contributed by atoms with E-state index in [0.717, 1.165) is 11.3 Å². The molecule has 1 aliphatic rings. The highest BCUT2D eigenvalue weighted by molar-refractivity contribution is 8.18. The summed E-state index contributed by atoms with van der Waals surface area (Å²) < 4.78 is 5.05. The number of amides is 1. The number of rotatable bonds is 5. The Balaban J connectivity index is 1.87. The van der Waals surface area contributed by atoms with Crippen LogP contribution in [0.4, 0.5) is 5.69 Å². The molecule has 0 spiro atoms. The smallest absolute Gasteiger partial charge is 0.308 e. The zero-order valence-electron chi connectivity index (χ0n) is 16.1. The third-order valence-electron chi connectivity index (χ3n) is 3.86. The van der Waals surface area contributed by atoms with Gasteiger partial charge in [-0.25, -0.2) is 4.99 Å². The number of amidine groups is 1. The van der Waals surface area contributed by atoms with Crippen LogP contribution >= 0.6 is 11.8 Å². The molecular formula is C22H22N2O3S. The fourth-order valence-electron chi connectivity index (χ4n) is 2.68. The van der Waals surface area contributed by atoms with E-state index in [1.54, 1.807) is 17.0 Å². The van der Waals surface area contributed by atoms with Gasteiger partial charge in [-0.05, 0) is 53.6 Å². The van der Waals surface area contributed by atoms with Gasteiger partial charge in [0.05, 0.1) is 10.6 Å². The maximum atomic E-state index is 12.9. The van der Waals surface area contributed by atoms with E-state index in [0.29, 0.717) is 28.3 Å². The molecule has 1 aliphatic heterocycles. The molecule has 2 aromatic carbocycles. The van der Waals surface area contributed by atoms with Gasteiger partial charge in [0, 0.05) is 13.5 Å². The average molecular weight is 394 g/mol. The summed E-state index contributed by atoms with van der Waals surface area (Å²) >= 11 is 1.38. The molecule has 0 saturated carbocycles. The summed E-state index contributed by atoms with van der Waals surface area (Å²) in [6.07, 6.45) is 1.84. The second kappa shape index (κ2) is 8.89. The number of thioether (sulfide) groups is 1. The Hall–Kier alpha value is -2.86. The molecule has 5 nitrogen and oxygen atoms in total. The van der Waals surface area contributed by atoms with Crippen LogP contribution in [0.2, 0.25) is 0 Å². The van der Waals surface area contributed by atoms with E-state index in [1.807, 2.05) is 48.5 Å². The van der Waals surface area contributed by atoms with Crippen LogP contribution in [0.3, 0.4) is 0 Å². The first kappa shape index (κ1) is 19.9. The molecule has 0 radical (unpaired) electrons. The fraction of sp³-hybridized carbons (Fsp3) is 0.227. The van der Waals surface area contributed by atoms with Crippen molar-refractivity contribution >= 4 is 40.6 Å². The highest BCUT2D eigenvalue weighted by Crippen LogP contribution is 2.34. The molecule has 0 N–H and O–H groups in total. The van der Waals surface area contributed by atoms with Gasteiger partial charge < -0.3 is 4.74 Å². The zero-order chi connectivity index (χ0) is 20.1. The van der Waals surface area contributed by atoms with Gasteiger partial charge in [-0.3, -0.25) is 14.5 Å². The summed E-state index contributed by atoms with van der Waals surface area (Å²) in [5, 5.41) is 0.688. The van der Waals surface area contributed by atoms with Crippen molar-refractivity contribution in [3.05, 3.63) is 65.1 Å². The van der Waals surface area contributed by atoms with E-state index in [1.165, 1.54) is 18.7 Å². The predicted octanol–water partition coefficient (Wildman–Crippen LogP) is 4.87. The van der Waals surface area contributed by atoms with Crippen molar-refractivity contribution in [1.82, 2.24) is 4.90 Å². The lowest BCUT2D eigenvalue weighted by atomic mass is 10.2. The van der Waals surface area contributed by atoms with Crippen LogP contribution in [0.5, 0.6) is 5.75 Å². The quantitative estimate of drug-likeness (QED) is 0.412. The molecule has 1 fully saturated rings. The number of hydrogen-bond acceptors (Lipinski definition) is 5. The maximum absolute atomic E-state index is 12.9. The summed E-state index contributed by atoms with van der Waals surface area (Å²) in [6, 6.07) is 16.7. The van der Waals surface area contributed by atoms with Crippen molar-refractivity contribution in [2.45, 2.75) is 20.8 Å². The number of benzene rings is 2. The molecular weight excluding hydrogens is 372 g/mol. The van der Waals surface area contributed by atoms with Crippen LogP contribution in [0.1, 0.15) is 26.3 Å². The van der Waals surface area contributed by atoms with Crippen molar-refractivity contribution in [1.29, 1.82) is 0 Å². The lowest BCUT2D eigenvalue weighted by Gasteiger charge is -2.17. The van der Waals surface area contributed by atoms with Crippen LogP contribution in [0.15, 0.2) is 64.5 Å². The van der Waals surface area contributed by atoms with Crippen LogP contribution in [0.25, 0.3) is 6.08 Å². The molecule has 0 atom stereocenters. The van der Waals surface area contributed by atoms with Crippen LogP contribution < -0.4 is 4.74 Å². The van der Waals surface area contributed by atoms with Crippen molar-refractivity contribution in [3.63, 3.8) is 0 Å². The standard InChI is InChI=1S/C22H22N2O3S/c1-15(2)14-24-21(26)20(28-22(24)23-18-7-5-4-6-8-18)13-17-9-11-19(12-10-17)27-16(3)25/h4-13,15H,14H2,1-3H3. The number of ether oxygens (including phenoxy) is 1. The van der Waals surface area contributed by atoms with Crippen molar-refractivity contribution in [2.75, 3.05) is 6.54 Å². The van der Waals surface area contributed by atoms with E-state index in [-0.39, 0.29) is 11.9 Å². The summed E-state index contributed by atoms with van der Waals surface area (Å²) in [4.78, 5) is 31.0.